The van der Waals surface area contributed by atoms with E-state index in [1.54, 1.807) is 30.3 Å². The maximum atomic E-state index is 13.2. The van der Waals surface area contributed by atoms with Gasteiger partial charge in [-0.15, -0.1) is 0 Å². The summed E-state index contributed by atoms with van der Waals surface area (Å²) in [5.74, 6) is -1.10. The minimum atomic E-state index is -3.35. The van der Waals surface area contributed by atoms with E-state index in [9.17, 15) is 23.3 Å². The number of nitrogens with zero attached hydrogens (tertiary/aromatic N) is 2. The van der Waals surface area contributed by atoms with Crippen molar-refractivity contribution < 1.29 is 22.4 Å². The van der Waals surface area contributed by atoms with E-state index in [4.69, 9.17) is 27.6 Å². The van der Waals surface area contributed by atoms with Gasteiger partial charge in [0, 0.05) is 16.2 Å². The summed E-state index contributed by atoms with van der Waals surface area (Å²) >= 11 is 12.2. The summed E-state index contributed by atoms with van der Waals surface area (Å²) in [7, 11) is -3.35. The van der Waals surface area contributed by atoms with Crippen LogP contribution in [0.15, 0.2) is 51.5 Å². The smallest absolute Gasteiger partial charge is 0.271 e. The van der Waals surface area contributed by atoms with Crippen LogP contribution in [-0.2, 0) is 19.4 Å². The molecular weight excluding hydrogens is 475 g/mol. The second-order valence-electron chi connectivity index (χ2n) is 7.53. The Balaban J connectivity index is 1.74. The second kappa shape index (κ2) is 8.24. The third kappa shape index (κ3) is 3.99. The highest BCUT2D eigenvalue weighted by atomic mass is 35.5. The summed E-state index contributed by atoms with van der Waals surface area (Å²) in [6.07, 6.45) is 1.58. The molecule has 1 aromatic heterocycles. The van der Waals surface area contributed by atoms with E-state index in [0.29, 0.717) is 27.1 Å². The molecule has 2 aromatic rings. The van der Waals surface area contributed by atoms with E-state index < -0.39 is 27.7 Å². The van der Waals surface area contributed by atoms with Gasteiger partial charge >= 0.3 is 0 Å². The first-order chi connectivity index (χ1) is 15.1. The molecule has 4 rings (SSSR count). The lowest BCUT2D eigenvalue weighted by molar-refractivity contribution is -0.142. The number of carbonyl (C=O) groups is 2. The van der Waals surface area contributed by atoms with Crippen LogP contribution in [0.2, 0.25) is 10.0 Å². The third-order valence-electron chi connectivity index (χ3n) is 5.46. The molecule has 164 valence electrons. The van der Waals surface area contributed by atoms with Gasteiger partial charge in [0.25, 0.3) is 11.8 Å². The Kier molecular flexibility index (Phi) is 5.76. The molecule has 3 heterocycles. The molecule has 1 atom stereocenters. The minimum Gasteiger partial charge on any atom is -0.457 e. The molecule has 2 aliphatic heterocycles. The summed E-state index contributed by atoms with van der Waals surface area (Å²) in [6.45, 7) is 1.50. The van der Waals surface area contributed by atoms with Crippen molar-refractivity contribution in [3.8, 4) is 17.4 Å². The first-order valence-electron chi connectivity index (χ1n) is 9.58. The Morgan fingerprint density at radius 3 is 2.56 bits per heavy atom. The van der Waals surface area contributed by atoms with Crippen LogP contribution in [-0.4, -0.2) is 42.7 Å². The van der Waals surface area contributed by atoms with Crippen molar-refractivity contribution in [3.63, 3.8) is 0 Å². The molecule has 1 saturated heterocycles. The molecule has 0 aliphatic carbocycles. The standard InChI is InChI=1S/C22H16Cl2N2O5S/c1-12-17(9-15-3-5-20(31-15)16-4-2-13(23)8-19(16)24)21(27)26(22(28)18(12)10-25)14-6-7-32(29,30)11-14/h2-5,8-9,14H,6-7,11H2,1H3/b17-9-/t14-/m1/s1. The lowest BCUT2D eigenvalue weighted by Crippen LogP contribution is -2.49. The SMILES string of the molecule is CC1=C(C#N)C(=O)N([C@@H]2CCS(=O)(=O)C2)C(=O)/C1=C\c1ccc(-c2ccc(Cl)cc2Cl)o1. The van der Waals surface area contributed by atoms with E-state index >= 15 is 0 Å². The van der Waals surface area contributed by atoms with E-state index in [0.717, 1.165) is 4.90 Å². The number of carbonyl (C=O) groups excluding carboxylic acids is 2. The van der Waals surface area contributed by atoms with Gasteiger partial charge in [-0.05, 0) is 55.3 Å². The number of furan rings is 1. The number of hydrogen-bond acceptors (Lipinski definition) is 6. The zero-order valence-electron chi connectivity index (χ0n) is 16.8. The highest BCUT2D eigenvalue weighted by Crippen LogP contribution is 2.34. The van der Waals surface area contributed by atoms with Gasteiger partial charge in [-0.25, -0.2) is 8.42 Å². The third-order valence-corrected chi connectivity index (χ3v) is 7.75. The highest BCUT2D eigenvalue weighted by molar-refractivity contribution is 7.91. The fraction of sp³-hybridized carbons (Fsp3) is 0.227. The molecule has 32 heavy (non-hydrogen) atoms. The average Bonchev–Trinajstić information content (AvgIpc) is 3.32. The van der Waals surface area contributed by atoms with Crippen molar-refractivity contribution in [1.29, 1.82) is 5.26 Å². The van der Waals surface area contributed by atoms with Gasteiger partial charge in [-0.2, -0.15) is 5.26 Å². The van der Waals surface area contributed by atoms with Crippen molar-refractivity contribution in [1.82, 2.24) is 4.90 Å². The van der Waals surface area contributed by atoms with Gasteiger partial charge in [0.2, 0.25) is 0 Å². The largest absolute Gasteiger partial charge is 0.457 e. The lowest BCUT2D eigenvalue weighted by atomic mass is 9.93. The number of nitriles is 1. The first-order valence-corrected chi connectivity index (χ1v) is 12.2. The van der Waals surface area contributed by atoms with Gasteiger partial charge in [0.05, 0.1) is 22.6 Å². The van der Waals surface area contributed by atoms with E-state index in [-0.39, 0.29) is 34.6 Å². The van der Waals surface area contributed by atoms with Crippen LogP contribution in [0.1, 0.15) is 19.1 Å². The second-order valence-corrected chi connectivity index (χ2v) is 10.6. The van der Waals surface area contributed by atoms with Crippen molar-refractivity contribution in [2.24, 2.45) is 0 Å². The lowest BCUT2D eigenvalue weighted by Gasteiger charge is -2.31. The Labute approximate surface area is 194 Å². The molecule has 2 aliphatic rings. The molecule has 7 nitrogen and oxygen atoms in total. The highest BCUT2D eigenvalue weighted by Gasteiger charge is 2.43. The van der Waals surface area contributed by atoms with Crippen LogP contribution in [0.5, 0.6) is 0 Å². The monoisotopic (exact) mass is 490 g/mol. The quantitative estimate of drug-likeness (QED) is 0.474. The maximum absolute atomic E-state index is 13.2. The molecule has 1 fully saturated rings. The zero-order valence-corrected chi connectivity index (χ0v) is 19.1. The molecule has 0 radical (unpaired) electrons. The van der Waals surface area contributed by atoms with Gasteiger partial charge in [0.15, 0.2) is 9.84 Å². The van der Waals surface area contributed by atoms with Crippen LogP contribution >= 0.6 is 23.2 Å². The molecule has 0 unspecified atom stereocenters. The number of sulfone groups is 1. The van der Waals surface area contributed by atoms with E-state index in [2.05, 4.69) is 0 Å². The summed E-state index contributed by atoms with van der Waals surface area (Å²) < 4.78 is 29.6. The Bertz CT molecular complexity index is 1360. The fourth-order valence-corrected chi connectivity index (χ4v) is 6.02. The summed E-state index contributed by atoms with van der Waals surface area (Å²) in [6, 6.07) is 9.28. The number of hydrogen-bond donors (Lipinski definition) is 0. The van der Waals surface area contributed by atoms with Crippen LogP contribution in [0, 0.1) is 11.3 Å². The van der Waals surface area contributed by atoms with Crippen molar-refractivity contribution in [2.75, 3.05) is 11.5 Å². The Morgan fingerprint density at radius 2 is 1.94 bits per heavy atom. The van der Waals surface area contributed by atoms with Crippen molar-refractivity contribution >= 4 is 50.9 Å². The normalized spacial score (nSPS) is 22.0. The molecule has 0 saturated carbocycles. The average molecular weight is 491 g/mol. The topological polar surface area (TPSA) is 108 Å². The van der Waals surface area contributed by atoms with Gasteiger partial charge in [-0.1, -0.05) is 23.2 Å². The van der Waals surface area contributed by atoms with E-state index in [1.807, 2.05) is 6.07 Å². The Morgan fingerprint density at radius 1 is 1.19 bits per heavy atom. The molecule has 2 amide bonds. The molecule has 1 aromatic carbocycles. The van der Waals surface area contributed by atoms with Crippen LogP contribution in [0.25, 0.3) is 17.4 Å². The predicted molar refractivity (Wildman–Crippen MR) is 119 cm³/mol. The van der Waals surface area contributed by atoms with Gasteiger partial charge in [-0.3, -0.25) is 14.5 Å². The Hall–Kier alpha value is -2.86. The zero-order chi connectivity index (χ0) is 23.2. The van der Waals surface area contributed by atoms with Gasteiger partial charge < -0.3 is 4.42 Å². The minimum absolute atomic E-state index is 0.0913. The van der Waals surface area contributed by atoms with Crippen molar-refractivity contribution in [3.05, 3.63) is 62.9 Å². The maximum Gasteiger partial charge on any atom is 0.271 e. The summed E-state index contributed by atoms with van der Waals surface area (Å²) in [4.78, 5) is 26.9. The molecular formula is C22H16Cl2N2O5S. The molecule has 10 heteroatoms. The number of rotatable bonds is 3. The van der Waals surface area contributed by atoms with E-state index in [1.165, 1.54) is 13.0 Å². The first kappa shape index (κ1) is 22.3. The number of benzene rings is 1. The van der Waals surface area contributed by atoms with Crippen molar-refractivity contribution in [2.45, 2.75) is 19.4 Å². The number of halogens is 2. The molecule has 0 N–H and O–H groups in total. The fourth-order valence-electron chi connectivity index (χ4n) is 3.82. The number of imide groups is 1. The van der Waals surface area contributed by atoms with Crippen LogP contribution < -0.4 is 0 Å². The van der Waals surface area contributed by atoms with Crippen LogP contribution in [0.4, 0.5) is 0 Å². The van der Waals surface area contributed by atoms with Gasteiger partial charge in [0.1, 0.15) is 23.2 Å². The van der Waals surface area contributed by atoms with Crippen LogP contribution in [0.3, 0.4) is 0 Å². The predicted octanol–water partition coefficient (Wildman–Crippen LogP) is 4.03. The number of amides is 2. The molecule has 0 bridgehead atoms. The summed E-state index contributed by atoms with van der Waals surface area (Å²) in [5.41, 5.74) is 0.705. The summed E-state index contributed by atoms with van der Waals surface area (Å²) in [5, 5.41) is 10.4. The molecule has 0 spiro atoms.